The first-order chi connectivity index (χ1) is 7.51. The first kappa shape index (κ1) is 12.9. The van der Waals surface area contributed by atoms with Crippen molar-refractivity contribution in [3.63, 3.8) is 0 Å². The van der Waals surface area contributed by atoms with Gasteiger partial charge in [-0.05, 0) is 19.3 Å². The smallest absolute Gasteiger partial charge is 0.130 e. The van der Waals surface area contributed by atoms with Crippen LogP contribution < -0.4 is 11.1 Å². The molecule has 0 aliphatic carbocycles. The van der Waals surface area contributed by atoms with Gasteiger partial charge in [-0.3, -0.25) is 0 Å². The molecule has 0 amide bonds. The van der Waals surface area contributed by atoms with E-state index in [-0.39, 0.29) is 5.54 Å². The highest BCUT2D eigenvalue weighted by Crippen LogP contribution is 2.20. The average molecular weight is 222 g/mol. The number of rotatable bonds is 5. The Kier molecular flexibility index (Phi) is 4.24. The molecule has 90 valence electrons. The SMILES string of the molecule is CCc1cc(NC(C)(CN)C(C)C)ncn1. The molecule has 1 heterocycles. The lowest BCUT2D eigenvalue weighted by molar-refractivity contribution is 0.381. The van der Waals surface area contributed by atoms with Crippen LogP contribution in [0.3, 0.4) is 0 Å². The van der Waals surface area contributed by atoms with Crippen molar-refractivity contribution in [3.8, 4) is 0 Å². The van der Waals surface area contributed by atoms with E-state index >= 15 is 0 Å². The zero-order valence-electron chi connectivity index (χ0n) is 10.6. The van der Waals surface area contributed by atoms with E-state index in [9.17, 15) is 0 Å². The van der Waals surface area contributed by atoms with E-state index in [0.717, 1.165) is 17.9 Å². The second-order valence-electron chi connectivity index (χ2n) is 4.65. The molecular weight excluding hydrogens is 200 g/mol. The molecule has 3 N–H and O–H groups in total. The number of aromatic nitrogens is 2. The molecule has 0 aliphatic heterocycles. The molecule has 0 spiro atoms. The maximum absolute atomic E-state index is 5.82. The highest BCUT2D eigenvalue weighted by Gasteiger charge is 2.26. The van der Waals surface area contributed by atoms with E-state index < -0.39 is 0 Å². The molecule has 0 fully saturated rings. The Hall–Kier alpha value is -1.16. The van der Waals surface area contributed by atoms with Gasteiger partial charge in [0.25, 0.3) is 0 Å². The van der Waals surface area contributed by atoms with Gasteiger partial charge in [-0.2, -0.15) is 0 Å². The van der Waals surface area contributed by atoms with Crippen molar-refractivity contribution in [1.29, 1.82) is 0 Å². The third kappa shape index (κ3) is 2.92. The predicted octanol–water partition coefficient (Wildman–Crippen LogP) is 1.82. The average Bonchev–Trinajstić information content (AvgIpc) is 2.29. The van der Waals surface area contributed by atoms with E-state index in [1.165, 1.54) is 0 Å². The number of nitrogens with two attached hydrogens (primary N) is 1. The Morgan fingerprint density at radius 2 is 2.12 bits per heavy atom. The Labute approximate surface area is 97.7 Å². The highest BCUT2D eigenvalue weighted by molar-refractivity contribution is 5.38. The van der Waals surface area contributed by atoms with Gasteiger partial charge in [-0.25, -0.2) is 9.97 Å². The molecule has 16 heavy (non-hydrogen) atoms. The summed E-state index contributed by atoms with van der Waals surface area (Å²) in [7, 11) is 0. The van der Waals surface area contributed by atoms with Crippen LogP contribution in [0.15, 0.2) is 12.4 Å². The summed E-state index contributed by atoms with van der Waals surface area (Å²) in [5.41, 5.74) is 6.74. The summed E-state index contributed by atoms with van der Waals surface area (Å²) in [6.45, 7) is 9.09. The Balaban J connectivity index is 2.85. The number of anilines is 1. The second-order valence-corrected chi connectivity index (χ2v) is 4.65. The number of hydrogen-bond donors (Lipinski definition) is 2. The van der Waals surface area contributed by atoms with Crippen LogP contribution in [0.4, 0.5) is 5.82 Å². The Bertz CT molecular complexity index is 338. The van der Waals surface area contributed by atoms with Gasteiger partial charge in [0.1, 0.15) is 12.1 Å². The van der Waals surface area contributed by atoms with Crippen molar-refractivity contribution >= 4 is 5.82 Å². The van der Waals surface area contributed by atoms with Crippen LogP contribution in [0.1, 0.15) is 33.4 Å². The van der Waals surface area contributed by atoms with Crippen LogP contribution in [0.5, 0.6) is 0 Å². The largest absolute Gasteiger partial charge is 0.363 e. The summed E-state index contributed by atoms with van der Waals surface area (Å²) in [5.74, 6) is 1.30. The minimum absolute atomic E-state index is 0.126. The third-order valence-corrected chi connectivity index (χ3v) is 3.20. The number of aryl methyl sites for hydroxylation is 1. The van der Waals surface area contributed by atoms with Gasteiger partial charge >= 0.3 is 0 Å². The first-order valence-corrected chi connectivity index (χ1v) is 5.81. The van der Waals surface area contributed by atoms with Crippen molar-refractivity contribution in [1.82, 2.24) is 9.97 Å². The zero-order chi connectivity index (χ0) is 12.2. The monoisotopic (exact) mass is 222 g/mol. The van der Waals surface area contributed by atoms with Gasteiger partial charge in [0.05, 0.1) is 5.54 Å². The lowest BCUT2D eigenvalue weighted by atomic mass is 9.88. The van der Waals surface area contributed by atoms with Crippen LogP contribution in [0.25, 0.3) is 0 Å². The van der Waals surface area contributed by atoms with Crippen molar-refractivity contribution in [2.45, 2.75) is 39.7 Å². The molecule has 0 aromatic carbocycles. The molecular formula is C12H22N4. The highest BCUT2D eigenvalue weighted by atomic mass is 15.1. The quantitative estimate of drug-likeness (QED) is 0.797. The molecule has 0 aliphatic rings. The maximum atomic E-state index is 5.82. The van der Waals surface area contributed by atoms with Gasteiger partial charge in [-0.15, -0.1) is 0 Å². The summed E-state index contributed by atoms with van der Waals surface area (Å²) in [5, 5.41) is 3.40. The van der Waals surface area contributed by atoms with Crippen molar-refractivity contribution in [3.05, 3.63) is 18.1 Å². The fourth-order valence-corrected chi connectivity index (χ4v) is 1.38. The fraction of sp³-hybridized carbons (Fsp3) is 0.667. The minimum Gasteiger partial charge on any atom is -0.363 e. The molecule has 1 rings (SSSR count). The van der Waals surface area contributed by atoms with Crippen molar-refractivity contribution in [2.75, 3.05) is 11.9 Å². The molecule has 0 radical (unpaired) electrons. The number of nitrogens with one attached hydrogen (secondary N) is 1. The van der Waals surface area contributed by atoms with Gasteiger partial charge in [0, 0.05) is 18.3 Å². The van der Waals surface area contributed by atoms with Crippen LogP contribution in [0.2, 0.25) is 0 Å². The summed E-state index contributed by atoms with van der Waals surface area (Å²) >= 11 is 0. The summed E-state index contributed by atoms with van der Waals surface area (Å²) < 4.78 is 0. The minimum atomic E-state index is -0.126. The molecule has 1 atom stereocenters. The molecule has 4 heteroatoms. The standard InChI is InChI=1S/C12H22N4/c1-5-10-6-11(15-8-14-10)16-12(4,7-13)9(2)3/h6,8-9H,5,7,13H2,1-4H3,(H,14,15,16). The second kappa shape index (κ2) is 5.25. The Morgan fingerprint density at radius 1 is 1.44 bits per heavy atom. The Morgan fingerprint density at radius 3 is 2.62 bits per heavy atom. The first-order valence-electron chi connectivity index (χ1n) is 5.81. The molecule has 0 saturated carbocycles. The zero-order valence-corrected chi connectivity index (χ0v) is 10.6. The number of hydrogen-bond acceptors (Lipinski definition) is 4. The topological polar surface area (TPSA) is 63.8 Å². The van der Waals surface area contributed by atoms with Gasteiger partial charge < -0.3 is 11.1 Å². The third-order valence-electron chi connectivity index (χ3n) is 3.20. The van der Waals surface area contributed by atoms with E-state index in [4.69, 9.17) is 5.73 Å². The van der Waals surface area contributed by atoms with Crippen LogP contribution >= 0.6 is 0 Å². The normalized spacial score (nSPS) is 14.9. The summed E-state index contributed by atoms with van der Waals surface area (Å²) in [4.78, 5) is 8.40. The maximum Gasteiger partial charge on any atom is 0.130 e. The number of nitrogens with zero attached hydrogens (tertiary/aromatic N) is 2. The van der Waals surface area contributed by atoms with Crippen LogP contribution in [0, 0.1) is 5.92 Å². The molecule has 1 unspecified atom stereocenters. The molecule has 0 saturated heterocycles. The van der Waals surface area contributed by atoms with E-state index in [1.807, 2.05) is 6.07 Å². The van der Waals surface area contributed by atoms with E-state index in [2.05, 4.69) is 43.0 Å². The summed E-state index contributed by atoms with van der Waals surface area (Å²) in [6, 6.07) is 1.98. The molecule has 1 aromatic rings. The molecule has 1 aromatic heterocycles. The van der Waals surface area contributed by atoms with Crippen molar-refractivity contribution < 1.29 is 0 Å². The predicted molar refractivity (Wildman–Crippen MR) is 67.3 cm³/mol. The summed E-state index contributed by atoms with van der Waals surface area (Å²) in [6.07, 6.45) is 2.51. The lowest BCUT2D eigenvalue weighted by Crippen LogP contribution is -2.47. The van der Waals surface area contributed by atoms with Crippen molar-refractivity contribution in [2.24, 2.45) is 11.7 Å². The van der Waals surface area contributed by atoms with Crippen LogP contribution in [-0.4, -0.2) is 22.1 Å². The van der Waals surface area contributed by atoms with Gasteiger partial charge in [-0.1, -0.05) is 20.8 Å². The molecule has 4 nitrogen and oxygen atoms in total. The van der Waals surface area contributed by atoms with Gasteiger partial charge in [0.2, 0.25) is 0 Å². The van der Waals surface area contributed by atoms with Crippen LogP contribution in [-0.2, 0) is 6.42 Å². The van der Waals surface area contributed by atoms with E-state index in [1.54, 1.807) is 6.33 Å². The van der Waals surface area contributed by atoms with E-state index in [0.29, 0.717) is 12.5 Å². The lowest BCUT2D eigenvalue weighted by Gasteiger charge is -2.34. The fourth-order valence-electron chi connectivity index (χ4n) is 1.38. The van der Waals surface area contributed by atoms with Gasteiger partial charge in [0.15, 0.2) is 0 Å². The molecule has 0 bridgehead atoms.